The molecular formula is C22H34F6. The molecule has 164 valence electrons. The minimum Gasteiger partial charge on any atom is -0.244 e. The summed E-state index contributed by atoms with van der Waals surface area (Å²) in [6.45, 7) is 3.67. The lowest BCUT2D eigenvalue weighted by Crippen LogP contribution is -2.57. The van der Waals surface area contributed by atoms with Gasteiger partial charge in [-0.25, -0.2) is 8.78 Å². The van der Waals surface area contributed by atoms with E-state index in [1.807, 2.05) is 0 Å². The van der Waals surface area contributed by atoms with Crippen LogP contribution in [0.15, 0.2) is 0 Å². The van der Waals surface area contributed by atoms with Crippen LogP contribution >= 0.6 is 0 Å². The third kappa shape index (κ3) is 4.08. The zero-order valence-electron chi connectivity index (χ0n) is 17.0. The molecule has 0 nitrogen and oxygen atoms in total. The standard InChI is InChI=1S/C22H34F6/c1-13-3-6-15(7-4-13)16-8-10-17(11-9-16)21(25,26)22(27,28)18-12-5-14(2)19(23)20(18)24/h13-20H,3-12H2,1-2H3. The van der Waals surface area contributed by atoms with Gasteiger partial charge >= 0.3 is 11.8 Å². The first-order valence-electron chi connectivity index (χ1n) is 11.1. The van der Waals surface area contributed by atoms with Crippen molar-refractivity contribution in [1.82, 2.24) is 0 Å². The van der Waals surface area contributed by atoms with E-state index in [1.165, 1.54) is 6.92 Å². The normalized spacial score (nSPS) is 43.7. The predicted molar refractivity (Wildman–Crippen MR) is 98.1 cm³/mol. The zero-order valence-corrected chi connectivity index (χ0v) is 17.0. The molecule has 4 unspecified atom stereocenters. The summed E-state index contributed by atoms with van der Waals surface area (Å²) in [7, 11) is 0. The van der Waals surface area contributed by atoms with Crippen molar-refractivity contribution in [2.75, 3.05) is 0 Å². The second-order valence-corrected chi connectivity index (χ2v) is 9.93. The lowest BCUT2D eigenvalue weighted by Gasteiger charge is -2.44. The van der Waals surface area contributed by atoms with E-state index in [2.05, 4.69) is 6.92 Å². The second-order valence-electron chi connectivity index (χ2n) is 9.93. The fraction of sp³-hybridized carbons (Fsp3) is 1.00. The van der Waals surface area contributed by atoms with E-state index in [-0.39, 0.29) is 25.7 Å². The van der Waals surface area contributed by atoms with E-state index in [1.54, 1.807) is 0 Å². The first kappa shape index (κ1) is 22.3. The van der Waals surface area contributed by atoms with Crippen molar-refractivity contribution < 1.29 is 26.3 Å². The summed E-state index contributed by atoms with van der Waals surface area (Å²) in [5.74, 6) is -11.6. The van der Waals surface area contributed by atoms with Crippen LogP contribution in [-0.4, -0.2) is 24.2 Å². The second kappa shape index (κ2) is 8.37. The molecule has 3 saturated carbocycles. The van der Waals surface area contributed by atoms with Gasteiger partial charge in [0.15, 0.2) is 0 Å². The summed E-state index contributed by atoms with van der Waals surface area (Å²) in [5.41, 5.74) is 0. The highest BCUT2D eigenvalue weighted by molar-refractivity contribution is 5.02. The Morgan fingerprint density at radius 1 is 0.571 bits per heavy atom. The van der Waals surface area contributed by atoms with E-state index in [0.29, 0.717) is 30.6 Å². The molecular weight excluding hydrogens is 378 g/mol. The Kier molecular flexibility index (Phi) is 6.66. The van der Waals surface area contributed by atoms with Crippen molar-refractivity contribution >= 4 is 0 Å². The van der Waals surface area contributed by atoms with Crippen LogP contribution in [0.2, 0.25) is 0 Å². The SMILES string of the molecule is CC1CCC(C2CCC(C(F)(F)C(F)(F)C3CCC(C)C(F)C3F)CC2)CC1. The summed E-state index contributed by atoms with van der Waals surface area (Å²) < 4.78 is 87.4. The molecule has 28 heavy (non-hydrogen) atoms. The predicted octanol–water partition coefficient (Wildman–Crippen LogP) is 7.61. The first-order chi connectivity index (χ1) is 13.1. The molecule has 0 saturated heterocycles. The number of rotatable bonds is 4. The van der Waals surface area contributed by atoms with Crippen LogP contribution in [-0.2, 0) is 0 Å². The largest absolute Gasteiger partial charge is 0.316 e. The van der Waals surface area contributed by atoms with Gasteiger partial charge in [0.2, 0.25) is 0 Å². The topological polar surface area (TPSA) is 0 Å². The minimum absolute atomic E-state index is 0.0186. The number of halogens is 6. The highest BCUT2D eigenvalue weighted by atomic mass is 19.3. The van der Waals surface area contributed by atoms with Crippen molar-refractivity contribution in [3.63, 3.8) is 0 Å². The van der Waals surface area contributed by atoms with Gasteiger partial charge in [-0.1, -0.05) is 26.7 Å². The Labute approximate surface area is 164 Å². The molecule has 0 aromatic heterocycles. The number of hydrogen-bond acceptors (Lipinski definition) is 0. The molecule has 6 heteroatoms. The Bertz CT molecular complexity index is 505. The fourth-order valence-corrected chi connectivity index (χ4v) is 5.91. The molecule has 0 radical (unpaired) electrons. The summed E-state index contributed by atoms with van der Waals surface area (Å²) in [4.78, 5) is 0. The van der Waals surface area contributed by atoms with Gasteiger partial charge in [-0.15, -0.1) is 0 Å². The lowest BCUT2D eigenvalue weighted by molar-refractivity contribution is -0.281. The minimum atomic E-state index is -4.51. The Hall–Kier alpha value is -0.420. The Balaban J connectivity index is 1.62. The molecule has 4 atom stereocenters. The van der Waals surface area contributed by atoms with Crippen LogP contribution < -0.4 is 0 Å². The monoisotopic (exact) mass is 412 g/mol. The molecule has 3 aliphatic rings. The summed E-state index contributed by atoms with van der Waals surface area (Å²) >= 11 is 0. The van der Waals surface area contributed by atoms with Gasteiger partial charge in [0.25, 0.3) is 0 Å². The van der Waals surface area contributed by atoms with E-state index in [9.17, 15) is 26.3 Å². The van der Waals surface area contributed by atoms with Crippen LogP contribution in [0.5, 0.6) is 0 Å². The van der Waals surface area contributed by atoms with Crippen LogP contribution in [0.1, 0.15) is 78.1 Å². The van der Waals surface area contributed by atoms with E-state index < -0.39 is 41.9 Å². The molecule has 0 amide bonds. The molecule has 0 spiro atoms. The maximum absolute atomic E-state index is 14.9. The maximum atomic E-state index is 14.9. The molecule has 3 rings (SSSR count). The van der Waals surface area contributed by atoms with E-state index >= 15 is 0 Å². The average molecular weight is 413 g/mol. The summed E-state index contributed by atoms with van der Waals surface area (Å²) in [6, 6.07) is 0. The van der Waals surface area contributed by atoms with Crippen molar-refractivity contribution in [2.45, 2.75) is 102 Å². The quantitative estimate of drug-likeness (QED) is 0.417. The van der Waals surface area contributed by atoms with Gasteiger partial charge in [0, 0.05) is 5.92 Å². The smallest absolute Gasteiger partial charge is 0.244 e. The van der Waals surface area contributed by atoms with Crippen molar-refractivity contribution in [2.24, 2.45) is 35.5 Å². The van der Waals surface area contributed by atoms with Crippen molar-refractivity contribution in [3.8, 4) is 0 Å². The maximum Gasteiger partial charge on any atom is 0.316 e. The van der Waals surface area contributed by atoms with Crippen LogP contribution in [0, 0.1) is 35.5 Å². The third-order valence-corrected chi connectivity index (χ3v) is 8.09. The van der Waals surface area contributed by atoms with Gasteiger partial charge < -0.3 is 0 Å². The molecule has 0 heterocycles. The van der Waals surface area contributed by atoms with Crippen LogP contribution in [0.3, 0.4) is 0 Å². The fourth-order valence-electron chi connectivity index (χ4n) is 5.91. The zero-order chi connectivity index (χ0) is 20.7. The van der Waals surface area contributed by atoms with E-state index in [4.69, 9.17) is 0 Å². The molecule has 3 aliphatic carbocycles. The Morgan fingerprint density at radius 2 is 1.07 bits per heavy atom. The van der Waals surface area contributed by atoms with Crippen molar-refractivity contribution in [3.05, 3.63) is 0 Å². The molecule has 0 aromatic rings. The Morgan fingerprint density at radius 3 is 1.61 bits per heavy atom. The molecule has 0 N–H and O–H groups in total. The molecule has 3 fully saturated rings. The van der Waals surface area contributed by atoms with Gasteiger partial charge in [-0.2, -0.15) is 17.6 Å². The van der Waals surface area contributed by atoms with Crippen molar-refractivity contribution in [1.29, 1.82) is 0 Å². The molecule has 0 aromatic carbocycles. The molecule has 0 aliphatic heterocycles. The average Bonchev–Trinajstić information content (AvgIpc) is 2.66. The third-order valence-electron chi connectivity index (χ3n) is 8.09. The van der Waals surface area contributed by atoms with Gasteiger partial charge in [-0.05, 0) is 75.0 Å². The first-order valence-corrected chi connectivity index (χ1v) is 11.1. The summed E-state index contributed by atoms with van der Waals surface area (Å²) in [5, 5.41) is 0. The summed E-state index contributed by atoms with van der Waals surface area (Å²) in [6.07, 6.45) is 0.722. The van der Waals surface area contributed by atoms with E-state index in [0.717, 1.165) is 25.7 Å². The van der Waals surface area contributed by atoms with Crippen LogP contribution in [0.25, 0.3) is 0 Å². The van der Waals surface area contributed by atoms with Gasteiger partial charge in [-0.3, -0.25) is 0 Å². The lowest BCUT2D eigenvalue weighted by atomic mass is 9.66. The van der Waals surface area contributed by atoms with Crippen LogP contribution in [0.4, 0.5) is 26.3 Å². The highest BCUT2D eigenvalue weighted by Crippen LogP contribution is 2.55. The number of alkyl halides is 6. The number of hydrogen-bond donors (Lipinski definition) is 0. The van der Waals surface area contributed by atoms with Gasteiger partial charge in [0.1, 0.15) is 12.3 Å². The van der Waals surface area contributed by atoms with Gasteiger partial charge in [0.05, 0.1) is 5.92 Å². The molecule has 0 bridgehead atoms. The highest BCUT2D eigenvalue weighted by Gasteiger charge is 2.67.